The van der Waals surface area contributed by atoms with Crippen molar-refractivity contribution in [3.63, 3.8) is 0 Å². The number of anilines is 1. The van der Waals surface area contributed by atoms with Gasteiger partial charge in [0.15, 0.2) is 0 Å². The van der Waals surface area contributed by atoms with Gasteiger partial charge >= 0.3 is 5.89 Å². The third-order valence-electron chi connectivity index (χ3n) is 3.27. The average molecular weight is 265 g/mol. The molecule has 3 nitrogen and oxygen atoms in total. The number of para-hydroxylation sites is 1. The number of fused-ring (bicyclic) bond motifs is 1. The minimum atomic E-state index is 0.814. The van der Waals surface area contributed by atoms with Crippen molar-refractivity contribution in [2.45, 2.75) is 6.92 Å². The van der Waals surface area contributed by atoms with E-state index in [0.717, 1.165) is 22.7 Å². The van der Waals surface area contributed by atoms with E-state index in [4.69, 9.17) is 4.42 Å². The van der Waals surface area contributed by atoms with Gasteiger partial charge in [-0.1, -0.05) is 24.3 Å². The summed E-state index contributed by atoms with van der Waals surface area (Å²) in [6.07, 6.45) is 3.82. The van der Waals surface area contributed by atoms with E-state index >= 15 is 0 Å². The van der Waals surface area contributed by atoms with Crippen LogP contribution in [-0.4, -0.2) is 0 Å². The summed E-state index contributed by atoms with van der Waals surface area (Å²) in [6.45, 7) is 2.08. The van der Waals surface area contributed by atoms with Crippen molar-refractivity contribution in [3.05, 3.63) is 66.2 Å². The first kappa shape index (κ1) is 12.5. The fourth-order valence-corrected chi connectivity index (χ4v) is 2.17. The number of nitrogens with one attached hydrogen (secondary N) is 1. The summed E-state index contributed by atoms with van der Waals surface area (Å²) < 4.78 is 7.88. The molecule has 0 saturated carbocycles. The zero-order chi connectivity index (χ0) is 13.9. The van der Waals surface area contributed by atoms with E-state index in [9.17, 15) is 0 Å². The van der Waals surface area contributed by atoms with Gasteiger partial charge in [0.1, 0.15) is 7.05 Å². The zero-order valence-electron chi connectivity index (χ0n) is 11.6. The maximum absolute atomic E-state index is 5.83. The Morgan fingerprint density at radius 3 is 2.70 bits per heavy atom. The standard InChI is InChI=1S/C17H16N2O/c1-13-8-9-16-15(12-13)19(2)17(20-16)10-11-18-14-6-4-3-5-7-14/h3-12H,1-2H3/p+1. The summed E-state index contributed by atoms with van der Waals surface area (Å²) in [5.41, 5.74) is 4.28. The van der Waals surface area contributed by atoms with Gasteiger partial charge < -0.3 is 9.73 Å². The smallest absolute Gasteiger partial charge is 0.375 e. The van der Waals surface area contributed by atoms with E-state index in [0.29, 0.717) is 0 Å². The maximum Gasteiger partial charge on any atom is 0.375 e. The summed E-state index contributed by atoms with van der Waals surface area (Å²) in [5, 5.41) is 3.22. The molecule has 3 rings (SSSR count). The van der Waals surface area contributed by atoms with E-state index in [1.54, 1.807) is 0 Å². The van der Waals surface area contributed by atoms with Gasteiger partial charge in [-0.15, -0.1) is 0 Å². The Bertz CT molecular complexity index is 757. The minimum Gasteiger partial charge on any atom is -0.398 e. The molecule has 0 saturated heterocycles. The van der Waals surface area contributed by atoms with Crippen LogP contribution in [-0.2, 0) is 7.05 Å². The Kier molecular flexibility index (Phi) is 3.25. The van der Waals surface area contributed by atoms with Crippen molar-refractivity contribution >= 4 is 22.9 Å². The molecule has 100 valence electrons. The Labute approximate surface area is 118 Å². The second-order valence-electron chi connectivity index (χ2n) is 4.81. The molecule has 1 aromatic heterocycles. The highest BCUT2D eigenvalue weighted by atomic mass is 16.3. The summed E-state index contributed by atoms with van der Waals surface area (Å²) in [7, 11) is 2.01. The van der Waals surface area contributed by atoms with Gasteiger partial charge in [0.25, 0.3) is 5.52 Å². The number of nitrogens with zero attached hydrogens (tertiary/aromatic N) is 1. The normalized spacial score (nSPS) is 11.3. The number of rotatable bonds is 3. The molecular formula is C17H17N2O+. The molecule has 3 aromatic rings. The van der Waals surface area contributed by atoms with E-state index in [-0.39, 0.29) is 0 Å². The third kappa shape index (κ3) is 2.43. The van der Waals surface area contributed by atoms with Crippen molar-refractivity contribution in [2.75, 3.05) is 5.32 Å². The summed E-state index contributed by atoms with van der Waals surface area (Å²) >= 11 is 0. The number of aryl methyl sites for hydroxylation is 2. The highest BCUT2D eigenvalue weighted by Crippen LogP contribution is 2.16. The molecule has 0 amide bonds. The molecule has 0 aliphatic rings. The van der Waals surface area contributed by atoms with Crippen molar-refractivity contribution in [1.82, 2.24) is 0 Å². The van der Waals surface area contributed by atoms with Crippen molar-refractivity contribution in [3.8, 4) is 0 Å². The number of aromatic nitrogens is 1. The lowest BCUT2D eigenvalue weighted by Crippen LogP contribution is -2.29. The second kappa shape index (κ2) is 5.21. The lowest BCUT2D eigenvalue weighted by Gasteiger charge is -1.97. The Morgan fingerprint density at radius 2 is 1.90 bits per heavy atom. The number of hydrogen-bond donors (Lipinski definition) is 1. The van der Waals surface area contributed by atoms with Crippen LogP contribution in [0, 0.1) is 6.92 Å². The lowest BCUT2D eigenvalue weighted by molar-refractivity contribution is -0.652. The Balaban J connectivity index is 1.86. The summed E-state index contributed by atoms with van der Waals surface area (Å²) in [6, 6.07) is 16.2. The highest BCUT2D eigenvalue weighted by molar-refractivity contribution is 5.70. The van der Waals surface area contributed by atoms with Crippen LogP contribution in [0.1, 0.15) is 11.5 Å². The van der Waals surface area contributed by atoms with Gasteiger partial charge in [-0.3, -0.25) is 0 Å². The SMILES string of the molecule is Cc1ccc2oc(/C=C/Nc3ccccc3)[n+](C)c2c1. The molecule has 0 bridgehead atoms. The molecule has 0 aliphatic carbocycles. The Morgan fingerprint density at radius 1 is 1.10 bits per heavy atom. The first-order chi connectivity index (χ1) is 9.74. The van der Waals surface area contributed by atoms with Crippen LogP contribution in [0.15, 0.2) is 59.1 Å². The van der Waals surface area contributed by atoms with Crippen LogP contribution in [0.25, 0.3) is 17.2 Å². The zero-order valence-corrected chi connectivity index (χ0v) is 11.6. The van der Waals surface area contributed by atoms with Crippen molar-refractivity contribution in [2.24, 2.45) is 7.05 Å². The fourth-order valence-electron chi connectivity index (χ4n) is 2.17. The number of oxazole rings is 1. The first-order valence-electron chi connectivity index (χ1n) is 6.61. The molecular weight excluding hydrogens is 248 g/mol. The first-order valence-corrected chi connectivity index (χ1v) is 6.61. The van der Waals surface area contributed by atoms with Crippen LogP contribution in [0.4, 0.5) is 5.69 Å². The van der Waals surface area contributed by atoms with Crippen molar-refractivity contribution < 1.29 is 8.98 Å². The molecule has 0 unspecified atom stereocenters. The van der Waals surface area contributed by atoms with E-state index in [1.165, 1.54) is 5.56 Å². The quantitative estimate of drug-likeness (QED) is 0.732. The predicted molar refractivity (Wildman–Crippen MR) is 81.2 cm³/mol. The van der Waals surface area contributed by atoms with Gasteiger partial charge in [0.05, 0.1) is 6.08 Å². The molecule has 1 N–H and O–H groups in total. The molecule has 0 radical (unpaired) electrons. The van der Waals surface area contributed by atoms with Gasteiger partial charge in [-0.25, -0.2) is 0 Å². The summed E-state index contributed by atoms with van der Waals surface area (Å²) in [4.78, 5) is 0. The van der Waals surface area contributed by atoms with Crippen LogP contribution in [0.5, 0.6) is 0 Å². The second-order valence-corrected chi connectivity index (χ2v) is 4.81. The van der Waals surface area contributed by atoms with E-state index in [2.05, 4.69) is 24.4 Å². The molecule has 0 spiro atoms. The summed E-state index contributed by atoms with van der Waals surface area (Å²) in [5.74, 6) is 0.814. The predicted octanol–water partition coefficient (Wildman–Crippen LogP) is 3.65. The molecule has 0 aliphatic heterocycles. The number of hydrogen-bond acceptors (Lipinski definition) is 2. The third-order valence-corrected chi connectivity index (χ3v) is 3.27. The molecule has 0 fully saturated rings. The van der Waals surface area contributed by atoms with Crippen molar-refractivity contribution in [1.29, 1.82) is 0 Å². The van der Waals surface area contributed by atoms with E-state index < -0.39 is 0 Å². The largest absolute Gasteiger partial charge is 0.398 e. The molecule has 3 heteroatoms. The topological polar surface area (TPSA) is 29.1 Å². The molecule has 2 aromatic carbocycles. The Hall–Kier alpha value is -2.55. The molecule has 20 heavy (non-hydrogen) atoms. The van der Waals surface area contributed by atoms with Gasteiger partial charge in [-0.05, 0) is 30.7 Å². The fraction of sp³-hybridized carbons (Fsp3) is 0.118. The highest BCUT2D eigenvalue weighted by Gasteiger charge is 2.16. The average Bonchev–Trinajstić information content (AvgIpc) is 2.77. The van der Waals surface area contributed by atoms with Crippen LogP contribution < -0.4 is 9.88 Å². The van der Waals surface area contributed by atoms with Crippen LogP contribution in [0.2, 0.25) is 0 Å². The van der Waals surface area contributed by atoms with Gasteiger partial charge in [0.2, 0.25) is 5.58 Å². The molecule has 0 atom stereocenters. The minimum absolute atomic E-state index is 0.814. The van der Waals surface area contributed by atoms with Gasteiger partial charge in [0, 0.05) is 18.0 Å². The van der Waals surface area contributed by atoms with Crippen LogP contribution >= 0.6 is 0 Å². The van der Waals surface area contributed by atoms with Crippen LogP contribution in [0.3, 0.4) is 0 Å². The number of benzene rings is 2. The lowest BCUT2D eigenvalue weighted by atomic mass is 10.2. The maximum atomic E-state index is 5.83. The molecule has 1 heterocycles. The van der Waals surface area contributed by atoms with E-state index in [1.807, 2.05) is 60.3 Å². The van der Waals surface area contributed by atoms with Gasteiger partial charge in [-0.2, -0.15) is 4.57 Å². The monoisotopic (exact) mass is 265 g/mol.